The van der Waals surface area contributed by atoms with Crippen LogP contribution in [0.15, 0.2) is 24.3 Å². The van der Waals surface area contributed by atoms with E-state index in [0.717, 1.165) is 11.1 Å². The zero-order valence-corrected chi connectivity index (χ0v) is 18.5. The summed E-state index contributed by atoms with van der Waals surface area (Å²) < 4.78 is 32.1. The zero-order chi connectivity index (χ0) is 22.1. The summed E-state index contributed by atoms with van der Waals surface area (Å²) in [5.74, 6) is 3.56. The molecule has 0 heterocycles. The molecule has 0 unspecified atom stereocenters. The van der Waals surface area contributed by atoms with Gasteiger partial charge in [0.15, 0.2) is 23.0 Å². The Hall–Kier alpha value is -3.09. The van der Waals surface area contributed by atoms with Crippen LogP contribution in [0.3, 0.4) is 0 Å². The van der Waals surface area contributed by atoms with Crippen LogP contribution in [-0.2, 0) is 17.6 Å². The highest BCUT2D eigenvalue weighted by Crippen LogP contribution is 2.39. The molecule has 0 spiro atoms. The van der Waals surface area contributed by atoms with Crippen molar-refractivity contribution in [3.63, 3.8) is 0 Å². The Labute approximate surface area is 177 Å². The fourth-order valence-corrected chi connectivity index (χ4v) is 3.25. The van der Waals surface area contributed by atoms with E-state index in [0.29, 0.717) is 60.2 Å². The minimum atomic E-state index is 0.164. The van der Waals surface area contributed by atoms with E-state index in [2.05, 4.69) is 0 Å². The predicted molar refractivity (Wildman–Crippen MR) is 114 cm³/mol. The zero-order valence-electron chi connectivity index (χ0n) is 18.5. The second-order valence-electron chi connectivity index (χ2n) is 6.61. The molecule has 30 heavy (non-hydrogen) atoms. The lowest BCUT2D eigenvalue weighted by molar-refractivity contribution is -0.119. The molecule has 0 amide bonds. The Morgan fingerprint density at radius 3 is 1.10 bits per heavy atom. The molecule has 2 aromatic carbocycles. The SMILES string of the molecule is COc1cc(CCC(=O)CCc2cc(OC)c(OC)c(OC)c2)cc(OC)c1OC. The average Bonchev–Trinajstić information content (AvgIpc) is 2.79. The molecule has 7 nitrogen and oxygen atoms in total. The number of methoxy groups -OCH3 is 6. The van der Waals surface area contributed by atoms with E-state index in [1.807, 2.05) is 24.3 Å². The highest BCUT2D eigenvalue weighted by molar-refractivity contribution is 5.79. The number of rotatable bonds is 12. The van der Waals surface area contributed by atoms with Gasteiger partial charge >= 0.3 is 0 Å². The van der Waals surface area contributed by atoms with E-state index in [-0.39, 0.29) is 5.78 Å². The molecule has 7 heteroatoms. The Morgan fingerprint density at radius 1 is 0.567 bits per heavy atom. The van der Waals surface area contributed by atoms with Gasteiger partial charge in [0.05, 0.1) is 42.7 Å². The molecule has 0 atom stereocenters. The second kappa shape index (κ2) is 11.2. The molecule has 0 bridgehead atoms. The van der Waals surface area contributed by atoms with Gasteiger partial charge in [-0.3, -0.25) is 4.79 Å². The van der Waals surface area contributed by atoms with Crippen LogP contribution < -0.4 is 28.4 Å². The lowest BCUT2D eigenvalue weighted by Crippen LogP contribution is -2.04. The van der Waals surface area contributed by atoms with Gasteiger partial charge in [0, 0.05) is 12.8 Å². The first-order valence-electron chi connectivity index (χ1n) is 9.60. The molecule has 0 aliphatic heterocycles. The summed E-state index contributed by atoms with van der Waals surface area (Å²) >= 11 is 0. The number of aryl methyl sites for hydroxylation is 2. The highest BCUT2D eigenvalue weighted by Gasteiger charge is 2.15. The lowest BCUT2D eigenvalue weighted by atomic mass is 10.0. The van der Waals surface area contributed by atoms with Gasteiger partial charge in [-0.25, -0.2) is 0 Å². The van der Waals surface area contributed by atoms with Crippen LogP contribution in [0.5, 0.6) is 34.5 Å². The van der Waals surface area contributed by atoms with Crippen LogP contribution in [0.1, 0.15) is 24.0 Å². The van der Waals surface area contributed by atoms with E-state index in [1.54, 1.807) is 42.7 Å². The Bertz CT molecular complexity index is 741. The molecule has 0 saturated heterocycles. The molecule has 2 rings (SSSR count). The van der Waals surface area contributed by atoms with E-state index in [4.69, 9.17) is 28.4 Å². The first-order valence-corrected chi connectivity index (χ1v) is 9.60. The standard InChI is InChI=1S/C23H30O7/c1-25-18-11-15(12-19(26-2)22(18)29-5)7-9-17(24)10-8-16-13-20(27-3)23(30-6)21(14-16)28-4/h11-14H,7-10H2,1-6H3. The van der Waals surface area contributed by atoms with Gasteiger partial charge in [0.25, 0.3) is 0 Å². The molecule has 0 radical (unpaired) electrons. The normalized spacial score (nSPS) is 10.3. The summed E-state index contributed by atoms with van der Waals surface area (Å²) in [6.07, 6.45) is 2.02. The number of benzene rings is 2. The quantitative estimate of drug-likeness (QED) is 0.518. The third-order valence-corrected chi connectivity index (χ3v) is 4.83. The third kappa shape index (κ3) is 5.49. The first-order chi connectivity index (χ1) is 14.5. The summed E-state index contributed by atoms with van der Waals surface area (Å²) in [4.78, 5) is 12.5. The van der Waals surface area contributed by atoms with Crippen molar-refractivity contribution < 1.29 is 33.2 Å². The maximum atomic E-state index is 12.5. The maximum Gasteiger partial charge on any atom is 0.203 e. The second-order valence-corrected chi connectivity index (χ2v) is 6.61. The van der Waals surface area contributed by atoms with Crippen molar-refractivity contribution >= 4 is 5.78 Å². The van der Waals surface area contributed by atoms with Gasteiger partial charge in [-0.15, -0.1) is 0 Å². The third-order valence-electron chi connectivity index (χ3n) is 4.83. The van der Waals surface area contributed by atoms with Crippen molar-refractivity contribution in [2.75, 3.05) is 42.7 Å². The molecule has 0 N–H and O–H groups in total. The molecule has 2 aromatic rings. The summed E-state index contributed by atoms with van der Waals surface area (Å²) in [6.45, 7) is 0. The Balaban J connectivity index is 2.02. The van der Waals surface area contributed by atoms with Gasteiger partial charge in [0.2, 0.25) is 11.5 Å². The fraction of sp³-hybridized carbons (Fsp3) is 0.435. The van der Waals surface area contributed by atoms with Crippen molar-refractivity contribution in [2.24, 2.45) is 0 Å². The number of Topliss-reactive ketones (excluding diaryl/α,β-unsaturated/α-hetero) is 1. The Kier molecular flexibility index (Phi) is 8.65. The molecule has 0 aliphatic rings. The van der Waals surface area contributed by atoms with E-state index >= 15 is 0 Å². The number of hydrogen-bond donors (Lipinski definition) is 0. The highest BCUT2D eigenvalue weighted by atomic mass is 16.5. The molecule has 0 fully saturated rings. The van der Waals surface area contributed by atoms with Crippen molar-refractivity contribution in [1.29, 1.82) is 0 Å². The van der Waals surface area contributed by atoms with Gasteiger partial charge < -0.3 is 28.4 Å². The summed E-state index contributed by atoms with van der Waals surface area (Å²) in [5.41, 5.74) is 1.90. The first kappa shape index (κ1) is 23.2. The molecule has 164 valence electrons. The number of ketones is 1. The van der Waals surface area contributed by atoms with Crippen molar-refractivity contribution in [3.05, 3.63) is 35.4 Å². The monoisotopic (exact) mass is 418 g/mol. The van der Waals surface area contributed by atoms with Gasteiger partial charge in [-0.1, -0.05) is 0 Å². The van der Waals surface area contributed by atoms with Gasteiger partial charge in [-0.2, -0.15) is 0 Å². The van der Waals surface area contributed by atoms with E-state index < -0.39 is 0 Å². The van der Waals surface area contributed by atoms with Crippen LogP contribution in [0.25, 0.3) is 0 Å². The topological polar surface area (TPSA) is 72.5 Å². The van der Waals surface area contributed by atoms with Crippen LogP contribution in [0, 0.1) is 0 Å². The number of carbonyl (C=O) groups excluding carboxylic acids is 1. The van der Waals surface area contributed by atoms with Crippen LogP contribution >= 0.6 is 0 Å². The van der Waals surface area contributed by atoms with E-state index in [9.17, 15) is 4.79 Å². The minimum Gasteiger partial charge on any atom is -0.493 e. The summed E-state index contributed by atoms with van der Waals surface area (Å²) in [5, 5.41) is 0. The van der Waals surface area contributed by atoms with Crippen molar-refractivity contribution in [3.8, 4) is 34.5 Å². The molecular formula is C23H30O7. The van der Waals surface area contributed by atoms with Gasteiger partial charge in [-0.05, 0) is 48.2 Å². The molecule has 0 aromatic heterocycles. The van der Waals surface area contributed by atoms with Crippen LogP contribution in [0.4, 0.5) is 0 Å². The number of hydrogen-bond acceptors (Lipinski definition) is 7. The number of ether oxygens (including phenoxy) is 6. The minimum absolute atomic E-state index is 0.164. The van der Waals surface area contributed by atoms with Gasteiger partial charge in [0.1, 0.15) is 5.78 Å². The molecule has 0 aliphatic carbocycles. The van der Waals surface area contributed by atoms with E-state index in [1.165, 1.54) is 0 Å². The molecular weight excluding hydrogens is 388 g/mol. The maximum absolute atomic E-state index is 12.5. The lowest BCUT2D eigenvalue weighted by Gasteiger charge is -2.14. The number of carbonyl (C=O) groups is 1. The van der Waals surface area contributed by atoms with Crippen molar-refractivity contribution in [1.82, 2.24) is 0 Å². The smallest absolute Gasteiger partial charge is 0.203 e. The summed E-state index contributed by atoms with van der Waals surface area (Å²) in [7, 11) is 9.42. The van der Waals surface area contributed by atoms with Crippen LogP contribution in [-0.4, -0.2) is 48.4 Å². The largest absolute Gasteiger partial charge is 0.493 e. The predicted octanol–water partition coefficient (Wildman–Crippen LogP) is 3.87. The average molecular weight is 418 g/mol. The summed E-state index contributed by atoms with van der Waals surface area (Å²) in [6, 6.07) is 7.48. The molecule has 0 saturated carbocycles. The van der Waals surface area contributed by atoms with Crippen LogP contribution in [0.2, 0.25) is 0 Å². The van der Waals surface area contributed by atoms with Crippen molar-refractivity contribution in [2.45, 2.75) is 25.7 Å². The Morgan fingerprint density at radius 2 is 0.867 bits per heavy atom. The fourth-order valence-electron chi connectivity index (χ4n) is 3.25.